The Hall–Kier alpha value is -4.04. The lowest BCUT2D eigenvalue weighted by molar-refractivity contribution is -0.132. The average molecular weight is 489 g/mol. The van der Waals surface area contributed by atoms with Gasteiger partial charge in [-0.1, -0.05) is 41.7 Å². The van der Waals surface area contributed by atoms with E-state index in [4.69, 9.17) is 4.74 Å². The predicted molar refractivity (Wildman–Crippen MR) is 133 cm³/mol. The zero-order chi connectivity index (χ0) is 24.9. The van der Waals surface area contributed by atoms with E-state index in [-0.39, 0.29) is 11.3 Å². The van der Waals surface area contributed by atoms with Crippen LogP contribution in [0.3, 0.4) is 0 Å². The molecule has 5 rings (SSSR count). The number of thiazole rings is 1. The van der Waals surface area contributed by atoms with E-state index in [9.17, 15) is 19.1 Å². The number of carbonyl (C=O) groups is 2. The van der Waals surface area contributed by atoms with Crippen molar-refractivity contribution in [3.05, 3.63) is 94.3 Å². The standard InChI is InChI=1S/C27H21FN2O4S/c1-14-11-15(2)22-20(12-14)35-27(29-22)30-23(16-7-9-18(28)10-8-16)21(25(32)26(30)33)24(31)17-5-4-6-19(13-17)34-3/h4-13,23,31H,1-3H3. The molecule has 0 bridgehead atoms. The number of benzene rings is 3. The molecular weight excluding hydrogens is 467 g/mol. The van der Waals surface area contributed by atoms with Gasteiger partial charge in [0, 0.05) is 5.56 Å². The van der Waals surface area contributed by atoms with Crippen molar-refractivity contribution in [3.63, 3.8) is 0 Å². The number of anilines is 1. The van der Waals surface area contributed by atoms with Gasteiger partial charge in [0.2, 0.25) is 0 Å². The van der Waals surface area contributed by atoms with Gasteiger partial charge in [0.05, 0.1) is 28.9 Å². The number of ketones is 1. The molecule has 1 aromatic heterocycles. The summed E-state index contributed by atoms with van der Waals surface area (Å²) in [6, 6.07) is 15.1. The molecule has 1 fully saturated rings. The highest BCUT2D eigenvalue weighted by Gasteiger charge is 2.48. The molecule has 1 N–H and O–H groups in total. The number of aliphatic hydroxyl groups is 1. The summed E-state index contributed by atoms with van der Waals surface area (Å²) in [5, 5.41) is 11.6. The van der Waals surface area contributed by atoms with E-state index in [1.807, 2.05) is 26.0 Å². The molecule has 4 aromatic rings. The molecule has 1 aliphatic rings. The summed E-state index contributed by atoms with van der Waals surface area (Å²) >= 11 is 1.29. The first kappa shape index (κ1) is 22.7. The monoisotopic (exact) mass is 488 g/mol. The van der Waals surface area contributed by atoms with E-state index in [0.29, 0.717) is 22.0 Å². The van der Waals surface area contributed by atoms with Gasteiger partial charge in [-0.05, 0) is 60.9 Å². The predicted octanol–water partition coefficient (Wildman–Crippen LogP) is 5.69. The van der Waals surface area contributed by atoms with Crippen molar-refractivity contribution in [1.82, 2.24) is 4.98 Å². The number of nitrogens with zero attached hydrogens (tertiary/aromatic N) is 2. The number of fused-ring (bicyclic) bond motifs is 1. The number of Topliss-reactive ketones (excluding diaryl/α,β-unsaturated/α-hetero) is 1. The highest BCUT2D eigenvalue weighted by Crippen LogP contribution is 2.44. The largest absolute Gasteiger partial charge is 0.507 e. The van der Waals surface area contributed by atoms with Gasteiger partial charge in [-0.25, -0.2) is 9.37 Å². The highest BCUT2D eigenvalue weighted by molar-refractivity contribution is 7.22. The van der Waals surface area contributed by atoms with Crippen molar-refractivity contribution in [3.8, 4) is 5.75 Å². The third kappa shape index (κ3) is 3.85. The van der Waals surface area contributed by atoms with E-state index in [1.165, 1.54) is 47.6 Å². The topological polar surface area (TPSA) is 79.7 Å². The van der Waals surface area contributed by atoms with Crippen molar-refractivity contribution >= 4 is 44.1 Å². The fourth-order valence-corrected chi connectivity index (χ4v) is 5.55. The summed E-state index contributed by atoms with van der Waals surface area (Å²) in [6.45, 7) is 3.91. The molecule has 8 heteroatoms. The second-order valence-corrected chi connectivity index (χ2v) is 9.39. The number of aryl methyl sites for hydroxylation is 2. The van der Waals surface area contributed by atoms with Gasteiger partial charge in [-0.2, -0.15) is 0 Å². The lowest BCUT2D eigenvalue weighted by Crippen LogP contribution is -2.29. The summed E-state index contributed by atoms with van der Waals surface area (Å²) in [5.74, 6) is -1.96. The Balaban J connectivity index is 1.74. The smallest absolute Gasteiger partial charge is 0.301 e. The Bertz CT molecular complexity index is 1520. The van der Waals surface area contributed by atoms with Crippen LogP contribution in [0.25, 0.3) is 16.0 Å². The number of ether oxygens (including phenoxy) is 1. The number of hydrogen-bond acceptors (Lipinski definition) is 6. The van der Waals surface area contributed by atoms with E-state index in [2.05, 4.69) is 4.98 Å². The van der Waals surface area contributed by atoms with E-state index >= 15 is 0 Å². The van der Waals surface area contributed by atoms with E-state index in [0.717, 1.165) is 21.3 Å². The van der Waals surface area contributed by atoms with Gasteiger partial charge in [0.25, 0.3) is 5.78 Å². The van der Waals surface area contributed by atoms with Gasteiger partial charge < -0.3 is 9.84 Å². The Morgan fingerprint density at radius 3 is 2.54 bits per heavy atom. The number of hydrogen-bond donors (Lipinski definition) is 1. The van der Waals surface area contributed by atoms with Gasteiger partial charge in [-0.3, -0.25) is 14.5 Å². The second-order valence-electron chi connectivity index (χ2n) is 8.38. The first-order chi connectivity index (χ1) is 16.8. The average Bonchev–Trinajstić information content (AvgIpc) is 3.38. The van der Waals surface area contributed by atoms with Crippen LogP contribution in [0.1, 0.15) is 28.3 Å². The van der Waals surface area contributed by atoms with Crippen LogP contribution in [0, 0.1) is 19.7 Å². The summed E-state index contributed by atoms with van der Waals surface area (Å²) < 4.78 is 19.9. The lowest BCUT2D eigenvalue weighted by atomic mass is 9.95. The molecule has 1 amide bonds. The first-order valence-electron chi connectivity index (χ1n) is 10.9. The van der Waals surface area contributed by atoms with Crippen LogP contribution in [0.4, 0.5) is 9.52 Å². The maximum atomic E-state index is 13.7. The normalized spacial score (nSPS) is 17.4. The minimum Gasteiger partial charge on any atom is -0.507 e. The van der Waals surface area contributed by atoms with Crippen molar-refractivity contribution in [2.45, 2.75) is 19.9 Å². The maximum Gasteiger partial charge on any atom is 0.301 e. The Labute approximate surface area is 204 Å². The molecule has 0 radical (unpaired) electrons. The molecule has 1 saturated heterocycles. The summed E-state index contributed by atoms with van der Waals surface area (Å²) in [4.78, 5) is 32.6. The van der Waals surface area contributed by atoms with Crippen LogP contribution in [0.2, 0.25) is 0 Å². The number of methoxy groups -OCH3 is 1. The minimum absolute atomic E-state index is 0.0954. The Morgan fingerprint density at radius 1 is 1.09 bits per heavy atom. The molecule has 1 unspecified atom stereocenters. The maximum absolute atomic E-state index is 13.7. The number of carbonyl (C=O) groups excluding carboxylic acids is 2. The molecular formula is C27H21FN2O4S. The zero-order valence-electron chi connectivity index (χ0n) is 19.2. The molecule has 2 heterocycles. The van der Waals surface area contributed by atoms with Gasteiger partial charge >= 0.3 is 5.91 Å². The van der Waals surface area contributed by atoms with Crippen LogP contribution >= 0.6 is 11.3 Å². The van der Waals surface area contributed by atoms with Gasteiger partial charge in [0.15, 0.2) is 5.13 Å². The number of halogens is 1. The van der Waals surface area contributed by atoms with Crippen LogP contribution < -0.4 is 9.64 Å². The molecule has 3 aromatic carbocycles. The van der Waals surface area contributed by atoms with Gasteiger partial charge in [0.1, 0.15) is 17.3 Å². The molecule has 176 valence electrons. The summed E-state index contributed by atoms with van der Waals surface area (Å²) in [6.07, 6.45) is 0. The van der Waals surface area contributed by atoms with Crippen molar-refractivity contribution in [2.75, 3.05) is 12.0 Å². The molecule has 1 aliphatic heterocycles. The first-order valence-corrected chi connectivity index (χ1v) is 11.7. The number of aromatic nitrogens is 1. The van der Waals surface area contributed by atoms with E-state index < -0.39 is 23.5 Å². The van der Waals surface area contributed by atoms with E-state index in [1.54, 1.807) is 24.3 Å². The Morgan fingerprint density at radius 2 is 1.83 bits per heavy atom. The summed E-state index contributed by atoms with van der Waals surface area (Å²) in [7, 11) is 1.49. The zero-order valence-corrected chi connectivity index (χ0v) is 20.0. The highest BCUT2D eigenvalue weighted by atomic mass is 32.1. The van der Waals surface area contributed by atoms with Crippen LogP contribution in [-0.2, 0) is 9.59 Å². The number of amides is 1. The van der Waals surface area contributed by atoms with Crippen molar-refractivity contribution < 1.29 is 23.8 Å². The number of aliphatic hydroxyl groups excluding tert-OH is 1. The van der Waals surface area contributed by atoms with Crippen LogP contribution in [0.5, 0.6) is 5.75 Å². The minimum atomic E-state index is -0.983. The second kappa shape index (κ2) is 8.63. The SMILES string of the molecule is COc1cccc(C(O)=C2C(=O)C(=O)N(c3nc4c(C)cc(C)cc4s3)C2c2ccc(F)cc2)c1. The lowest BCUT2D eigenvalue weighted by Gasteiger charge is -2.23. The van der Waals surface area contributed by atoms with Crippen LogP contribution in [0.15, 0.2) is 66.2 Å². The third-order valence-corrected chi connectivity index (χ3v) is 7.00. The fraction of sp³-hybridized carbons (Fsp3) is 0.148. The molecule has 1 atom stereocenters. The quantitative estimate of drug-likeness (QED) is 0.227. The van der Waals surface area contributed by atoms with Crippen molar-refractivity contribution in [2.24, 2.45) is 0 Å². The van der Waals surface area contributed by atoms with Crippen molar-refractivity contribution in [1.29, 1.82) is 0 Å². The fourth-order valence-electron chi connectivity index (χ4n) is 4.38. The third-order valence-electron chi connectivity index (χ3n) is 6.00. The molecule has 0 aliphatic carbocycles. The van der Waals surface area contributed by atoms with Gasteiger partial charge in [-0.15, -0.1) is 0 Å². The summed E-state index contributed by atoms with van der Waals surface area (Å²) in [5.41, 5.74) is 3.45. The number of rotatable bonds is 4. The van der Waals surface area contributed by atoms with Crippen LogP contribution in [-0.4, -0.2) is 28.9 Å². The Kier molecular flexibility index (Phi) is 5.61. The molecule has 35 heavy (non-hydrogen) atoms. The molecule has 0 saturated carbocycles. The molecule has 6 nitrogen and oxygen atoms in total. The molecule has 0 spiro atoms.